The van der Waals surface area contributed by atoms with Crippen LogP contribution in [0, 0.1) is 0 Å². The number of hydrogen-bond acceptors (Lipinski definition) is 12. The second-order valence-electron chi connectivity index (χ2n) is 22.8. The molecule has 0 saturated carbocycles. The molecule has 0 radical (unpaired) electrons. The van der Waals surface area contributed by atoms with Crippen LogP contribution in [0.2, 0.25) is 0 Å². The number of nitrogens with one attached hydrogen (secondary N) is 5. The van der Waals surface area contributed by atoms with Crippen LogP contribution in [0.25, 0.3) is 0 Å². The van der Waals surface area contributed by atoms with E-state index in [1.165, 1.54) is 19.4 Å². The van der Waals surface area contributed by atoms with Gasteiger partial charge >= 0.3 is 12.1 Å². The topological polar surface area (TPSA) is 188 Å². The number of unbranched alkanes of at least 4 members (excludes halogenated alkanes) is 1. The van der Waals surface area contributed by atoms with Gasteiger partial charge in [0.1, 0.15) is 41.5 Å². The van der Waals surface area contributed by atoms with Crippen LogP contribution in [0.1, 0.15) is 133 Å². The molecule has 0 spiro atoms. The molecule has 3 aliphatic rings. The lowest BCUT2D eigenvalue weighted by atomic mass is 10.0. The maximum Gasteiger partial charge on any atom is 0.319 e. The van der Waals surface area contributed by atoms with Crippen molar-refractivity contribution in [3.63, 3.8) is 0 Å². The molecule has 3 heterocycles. The van der Waals surface area contributed by atoms with Crippen LogP contribution < -0.4 is 60.1 Å². The summed E-state index contributed by atoms with van der Waals surface area (Å²) in [4.78, 5) is 60.2. The molecular weight excluding hydrogens is 1120 g/mol. The lowest BCUT2D eigenvalue weighted by Gasteiger charge is -2.37. The molecular formula is C71H93N9O9. The predicted molar refractivity (Wildman–Crippen MR) is 357 cm³/mol. The summed E-state index contributed by atoms with van der Waals surface area (Å²) in [6.07, 6.45) is 10.6. The number of fused-ring (bicyclic) bond motifs is 1. The first kappa shape index (κ1) is 66.5. The van der Waals surface area contributed by atoms with Crippen molar-refractivity contribution >= 4 is 52.3 Å². The Hall–Kier alpha value is -8.48. The minimum absolute atomic E-state index is 0.0830. The molecule has 89 heavy (non-hydrogen) atoms. The second-order valence-corrected chi connectivity index (χ2v) is 22.8. The highest BCUT2D eigenvalue weighted by Gasteiger charge is 2.27. The molecule has 3 aliphatic heterocycles. The van der Waals surface area contributed by atoms with E-state index in [1.54, 1.807) is 77.7 Å². The zero-order valence-electron chi connectivity index (χ0n) is 53.4. The normalized spacial score (nSPS) is 14.5. The average molecular weight is 1220 g/mol. The maximum absolute atomic E-state index is 13.5. The molecule has 6 aromatic rings. The molecule has 0 aromatic heterocycles. The summed E-state index contributed by atoms with van der Waals surface area (Å²) < 4.78 is 30.1. The summed E-state index contributed by atoms with van der Waals surface area (Å²) in [5.41, 5.74) is 4.99. The number of carbonyl (C=O) groups excluding carboxylic acids is 4. The Morgan fingerprint density at radius 1 is 0.562 bits per heavy atom. The first-order valence-electron chi connectivity index (χ1n) is 32.2. The fourth-order valence-electron chi connectivity index (χ4n) is 11.1. The van der Waals surface area contributed by atoms with Gasteiger partial charge in [0.15, 0.2) is 11.5 Å². The van der Waals surface area contributed by atoms with E-state index in [0.29, 0.717) is 94.2 Å². The summed E-state index contributed by atoms with van der Waals surface area (Å²) in [7, 11) is 2.14. The number of piperidine rings is 2. The average Bonchev–Trinajstić information content (AvgIpc) is 1.81. The first-order chi connectivity index (χ1) is 43.3. The standard InChI is InChI=1S/C36H46N4O5.C35H47N5O4/c1-4-7-20-39-21-18-31(19-22-39)44-29-12-8-26(9-13-29)35(41)40-23-24-43-34-25-32(16-17-33(34)40)45-30-14-10-28(11-15-30)38-36(42)37-27(5-2)6-3;1-6-26(7-2)37-35(42)38-28-14-19-32(33(24-28)43-9-4)44-31-17-12-27(13-18-31)36-34(41)25-10-15-29(16-11-25)39(5)30-20-22-40(8-3)23-21-30/h8-17,25,27,31H,4-7,18-24H2,1-3H3,(H2,37,38,42);10-19,24,26,30H,6-9,20-23H2,1-5H3,(H,36,41)(H2,37,38,42). The summed E-state index contributed by atoms with van der Waals surface area (Å²) >= 11 is 0. The van der Waals surface area contributed by atoms with E-state index in [0.717, 1.165) is 95.5 Å². The van der Waals surface area contributed by atoms with Crippen molar-refractivity contribution in [2.45, 2.75) is 137 Å². The summed E-state index contributed by atoms with van der Waals surface area (Å²) in [5, 5.41) is 14.6. The van der Waals surface area contributed by atoms with Gasteiger partial charge in [0.05, 0.1) is 18.8 Å². The fourth-order valence-corrected chi connectivity index (χ4v) is 11.1. The molecule has 5 N–H and O–H groups in total. The molecule has 476 valence electrons. The van der Waals surface area contributed by atoms with Crippen molar-refractivity contribution in [2.75, 3.05) is 91.8 Å². The van der Waals surface area contributed by atoms with Crippen LogP contribution in [-0.2, 0) is 0 Å². The van der Waals surface area contributed by atoms with Crippen molar-refractivity contribution in [2.24, 2.45) is 0 Å². The largest absolute Gasteiger partial charge is 0.490 e. The van der Waals surface area contributed by atoms with E-state index >= 15 is 0 Å². The molecule has 9 rings (SSSR count). The number of ether oxygens (including phenoxy) is 5. The SMILES string of the molecule is CCCCN1CCC(Oc2ccc(C(=O)N3CCOc4cc(Oc5ccc(NC(=O)NC(CC)CC)cc5)ccc43)cc2)CC1.CCOc1cc(NC(=O)NC(CC)CC)ccc1Oc1ccc(NC(=O)c2ccc(N(C)C3CCN(CC)CC3)cc2)cc1. The van der Waals surface area contributed by atoms with Crippen LogP contribution in [0.3, 0.4) is 0 Å². The molecule has 0 bridgehead atoms. The van der Waals surface area contributed by atoms with E-state index in [9.17, 15) is 19.2 Å². The minimum atomic E-state index is -0.251. The molecule has 6 aromatic carbocycles. The van der Waals surface area contributed by atoms with E-state index in [1.807, 2.05) is 81.4 Å². The lowest BCUT2D eigenvalue weighted by molar-refractivity contribution is 0.0973. The molecule has 18 heteroatoms. The Labute approximate surface area is 526 Å². The molecule has 0 atom stereocenters. The van der Waals surface area contributed by atoms with Crippen LogP contribution in [0.15, 0.2) is 133 Å². The summed E-state index contributed by atoms with van der Waals surface area (Å²) in [6, 6.07) is 40.8. The monoisotopic (exact) mass is 1220 g/mol. The van der Waals surface area contributed by atoms with E-state index in [2.05, 4.69) is 76.0 Å². The van der Waals surface area contributed by atoms with Crippen LogP contribution >= 0.6 is 0 Å². The van der Waals surface area contributed by atoms with Gasteiger partial charge < -0.3 is 69.9 Å². The smallest absolute Gasteiger partial charge is 0.319 e. The maximum atomic E-state index is 13.5. The molecule has 6 amide bonds. The highest BCUT2D eigenvalue weighted by atomic mass is 16.5. The van der Waals surface area contributed by atoms with Crippen molar-refractivity contribution < 1.29 is 42.9 Å². The third-order valence-electron chi connectivity index (χ3n) is 16.7. The summed E-state index contributed by atoms with van der Waals surface area (Å²) in [6.45, 7) is 22.5. The highest BCUT2D eigenvalue weighted by molar-refractivity contribution is 6.07. The van der Waals surface area contributed by atoms with Crippen LogP contribution in [0.5, 0.6) is 40.2 Å². The first-order valence-corrected chi connectivity index (χ1v) is 32.2. The van der Waals surface area contributed by atoms with Gasteiger partial charge in [-0.25, -0.2) is 9.59 Å². The van der Waals surface area contributed by atoms with E-state index in [4.69, 9.17) is 23.7 Å². The third kappa shape index (κ3) is 19.5. The van der Waals surface area contributed by atoms with Gasteiger partial charge in [-0.2, -0.15) is 0 Å². The Morgan fingerprint density at radius 2 is 1.11 bits per heavy atom. The summed E-state index contributed by atoms with van der Waals surface area (Å²) in [5.74, 6) is 3.99. The second kappa shape index (κ2) is 33.8. The zero-order valence-corrected chi connectivity index (χ0v) is 53.4. The number of likely N-dealkylation sites (tertiary alicyclic amines) is 2. The lowest BCUT2D eigenvalue weighted by Crippen LogP contribution is -2.43. The van der Waals surface area contributed by atoms with Crippen molar-refractivity contribution in [1.82, 2.24) is 20.4 Å². The van der Waals surface area contributed by atoms with E-state index < -0.39 is 0 Å². The van der Waals surface area contributed by atoms with Gasteiger partial charge in [0.25, 0.3) is 11.8 Å². The van der Waals surface area contributed by atoms with Gasteiger partial charge in [-0.05, 0) is 199 Å². The predicted octanol–water partition coefficient (Wildman–Crippen LogP) is 14.8. The Morgan fingerprint density at radius 3 is 1.71 bits per heavy atom. The van der Waals surface area contributed by atoms with Gasteiger partial charge in [-0.1, -0.05) is 48.0 Å². The molecule has 18 nitrogen and oxygen atoms in total. The number of hydrogen-bond donors (Lipinski definition) is 5. The third-order valence-corrected chi connectivity index (χ3v) is 16.7. The van der Waals surface area contributed by atoms with E-state index in [-0.39, 0.29) is 42.1 Å². The molecule has 2 saturated heterocycles. The minimum Gasteiger partial charge on any atom is -0.490 e. The highest BCUT2D eigenvalue weighted by Crippen LogP contribution is 2.38. The molecule has 2 fully saturated rings. The Bertz CT molecular complexity index is 3180. The Balaban J connectivity index is 0.000000230. The van der Waals surface area contributed by atoms with Crippen molar-refractivity contribution in [3.8, 4) is 40.2 Å². The molecule has 0 unspecified atom stereocenters. The van der Waals surface area contributed by atoms with Crippen LogP contribution in [-0.4, -0.2) is 124 Å². The van der Waals surface area contributed by atoms with Gasteiger partial charge in [0.2, 0.25) is 0 Å². The fraction of sp³-hybridized carbons (Fsp3) is 0.437. The van der Waals surface area contributed by atoms with Crippen molar-refractivity contribution in [3.05, 3.63) is 145 Å². The molecule has 0 aliphatic carbocycles. The number of anilines is 5. The van der Waals surface area contributed by atoms with Gasteiger partial charge in [0, 0.05) is 97.4 Å². The van der Waals surface area contributed by atoms with Crippen LogP contribution in [0.4, 0.5) is 38.0 Å². The number of benzene rings is 6. The van der Waals surface area contributed by atoms with Gasteiger partial charge in [-0.3, -0.25) is 9.59 Å². The number of carbonyl (C=O) groups is 4. The number of nitrogens with zero attached hydrogens (tertiary/aromatic N) is 4. The number of urea groups is 2. The zero-order chi connectivity index (χ0) is 63.1. The van der Waals surface area contributed by atoms with Gasteiger partial charge in [-0.15, -0.1) is 0 Å². The quantitative estimate of drug-likeness (QED) is 0.0366. The van der Waals surface area contributed by atoms with Crippen molar-refractivity contribution in [1.29, 1.82) is 0 Å². The number of rotatable bonds is 25. The number of amides is 6. The Kier molecular flexibility index (Phi) is 25.2.